The first-order valence-corrected chi connectivity index (χ1v) is 10.7. The summed E-state index contributed by atoms with van der Waals surface area (Å²) in [7, 11) is 0. The molecule has 3 rings (SSSR count). The Morgan fingerprint density at radius 2 is 1.84 bits per heavy atom. The van der Waals surface area contributed by atoms with Crippen LogP contribution < -0.4 is 9.62 Å². The number of carbonyl (C=O) groups excluding carboxylic acids is 1. The van der Waals surface area contributed by atoms with Gasteiger partial charge in [0.2, 0.25) is 0 Å². The summed E-state index contributed by atoms with van der Waals surface area (Å²) in [4.78, 5) is 27.7. The average Bonchev–Trinajstić information content (AvgIpc) is 2.80. The fraction of sp³-hybridized carbons (Fsp3) is 0.125. The largest absolute Gasteiger partial charge is 0.481 e. The molecule has 0 radical (unpaired) electrons. The van der Waals surface area contributed by atoms with Gasteiger partial charge in [0.1, 0.15) is 0 Å². The fourth-order valence-corrected chi connectivity index (χ4v) is 3.36. The number of aliphatic carboxylic acids is 1. The average molecular weight is 468 g/mol. The predicted molar refractivity (Wildman–Crippen MR) is 131 cm³/mol. The number of halogens is 1. The maximum atomic E-state index is 12.6. The molecule has 0 fully saturated rings. The molecule has 0 spiro atoms. The first-order valence-electron chi connectivity index (χ1n) is 9.92. The summed E-state index contributed by atoms with van der Waals surface area (Å²) in [5.74, 6) is -0.819. The number of urea groups is 1. The molecule has 164 valence electrons. The number of carboxylic acids is 1. The molecule has 1 aromatic heterocycles. The Morgan fingerprint density at radius 1 is 1.09 bits per heavy atom. The number of hydrogen-bond donors (Lipinski definition) is 3. The molecule has 0 aliphatic rings. The van der Waals surface area contributed by atoms with Crippen molar-refractivity contribution in [3.8, 4) is 0 Å². The molecule has 0 aliphatic carbocycles. The normalized spacial score (nSPS) is 11.1. The predicted octanol–water partition coefficient (Wildman–Crippen LogP) is 6.30. The number of carboxylic acid groups (broad SMARTS) is 1. The Bertz CT molecular complexity index is 1100. The van der Waals surface area contributed by atoms with Gasteiger partial charge in [-0.1, -0.05) is 48.7 Å². The van der Waals surface area contributed by atoms with Crippen molar-refractivity contribution in [1.29, 1.82) is 0 Å². The van der Waals surface area contributed by atoms with Crippen LogP contribution >= 0.6 is 24.4 Å². The van der Waals surface area contributed by atoms with E-state index >= 15 is 0 Å². The van der Waals surface area contributed by atoms with Crippen molar-refractivity contribution in [2.75, 3.05) is 9.62 Å². The highest BCUT2D eigenvalue weighted by Gasteiger charge is 2.14. The van der Waals surface area contributed by atoms with Crippen molar-refractivity contribution in [1.82, 2.24) is 4.98 Å². The Kier molecular flexibility index (Phi) is 8.30. The van der Waals surface area contributed by atoms with Gasteiger partial charge >= 0.3 is 12.0 Å². The number of thiol groups is 1. The van der Waals surface area contributed by atoms with E-state index in [1.807, 2.05) is 36.4 Å². The SMILES string of the molecule is O=C(O)CCC/C=C(/c1cccnc1)c1cccc(N(S)C(=O)Nc2ccc(Cl)cc2)c1. The molecule has 1 heterocycles. The van der Waals surface area contributed by atoms with Gasteiger partial charge in [0.15, 0.2) is 0 Å². The number of amides is 2. The van der Waals surface area contributed by atoms with Crippen LogP contribution in [-0.4, -0.2) is 22.1 Å². The second-order valence-electron chi connectivity index (χ2n) is 6.94. The van der Waals surface area contributed by atoms with Crippen molar-refractivity contribution < 1.29 is 14.7 Å². The number of anilines is 2. The van der Waals surface area contributed by atoms with E-state index in [2.05, 4.69) is 23.1 Å². The lowest BCUT2D eigenvalue weighted by atomic mass is 9.97. The van der Waals surface area contributed by atoms with Crippen molar-refractivity contribution in [3.05, 3.63) is 95.3 Å². The van der Waals surface area contributed by atoms with E-state index in [-0.39, 0.29) is 6.42 Å². The fourth-order valence-electron chi connectivity index (χ4n) is 3.06. The molecular formula is C24H22ClN3O3S. The highest BCUT2D eigenvalue weighted by Crippen LogP contribution is 2.28. The van der Waals surface area contributed by atoms with Crippen molar-refractivity contribution >= 4 is 53.4 Å². The van der Waals surface area contributed by atoms with E-state index in [1.165, 1.54) is 4.31 Å². The number of hydrogen-bond acceptors (Lipinski definition) is 4. The molecule has 8 heteroatoms. The van der Waals surface area contributed by atoms with Crippen molar-refractivity contribution in [3.63, 3.8) is 0 Å². The van der Waals surface area contributed by atoms with Gasteiger partial charge in [0.05, 0.1) is 5.69 Å². The third-order valence-corrected chi connectivity index (χ3v) is 5.27. The van der Waals surface area contributed by atoms with Crippen molar-refractivity contribution in [2.45, 2.75) is 19.3 Å². The number of benzene rings is 2. The molecule has 0 atom stereocenters. The zero-order chi connectivity index (χ0) is 22.9. The molecule has 2 N–H and O–H groups in total. The van der Waals surface area contributed by atoms with Gasteiger partial charge in [0, 0.05) is 35.1 Å². The number of unbranched alkanes of at least 4 members (excludes halogenated alkanes) is 1. The molecule has 0 saturated carbocycles. The molecule has 2 amide bonds. The highest BCUT2D eigenvalue weighted by molar-refractivity contribution is 7.82. The monoisotopic (exact) mass is 467 g/mol. The summed E-state index contributed by atoms with van der Waals surface area (Å²) in [5.41, 5.74) is 3.85. The van der Waals surface area contributed by atoms with Gasteiger partial charge in [0.25, 0.3) is 0 Å². The maximum absolute atomic E-state index is 12.6. The van der Waals surface area contributed by atoms with Crippen LogP contribution in [0.3, 0.4) is 0 Å². The summed E-state index contributed by atoms with van der Waals surface area (Å²) in [6.07, 6.45) is 6.67. The second kappa shape index (κ2) is 11.4. The number of rotatable bonds is 8. The molecular weight excluding hydrogens is 446 g/mol. The van der Waals surface area contributed by atoms with E-state index in [4.69, 9.17) is 16.7 Å². The van der Waals surface area contributed by atoms with Crippen LogP contribution in [0.4, 0.5) is 16.2 Å². The Labute approximate surface area is 197 Å². The summed E-state index contributed by atoms with van der Waals surface area (Å²) in [6, 6.07) is 17.6. The number of carbonyl (C=O) groups is 2. The van der Waals surface area contributed by atoms with Crippen LogP contribution in [0.2, 0.25) is 5.02 Å². The smallest absolute Gasteiger partial charge is 0.336 e. The minimum absolute atomic E-state index is 0.103. The number of nitrogens with one attached hydrogen (secondary N) is 1. The zero-order valence-corrected chi connectivity index (χ0v) is 18.8. The van der Waals surface area contributed by atoms with Gasteiger partial charge in [-0.2, -0.15) is 0 Å². The van der Waals surface area contributed by atoms with Crippen LogP contribution in [0.15, 0.2) is 79.1 Å². The second-order valence-corrected chi connectivity index (χ2v) is 7.78. The number of nitrogens with zero attached hydrogens (tertiary/aromatic N) is 2. The molecule has 0 aliphatic heterocycles. The third kappa shape index (κ3) is 6.60. The summed E-state index contributed by atoms with van der Waals surface area (Å²) >= 11 is 10.3. The van der Waals surface area contributed by atoms with Crippen LogP contribution in [0.5, 0.6) is 0 Å². The Morgan fingerprint density at radius 3 is 2.53 bits per heavy atom. The highest BCUT2D eigenvalue weighted by atomic mass is 35.5. The topological polar surface area (TPSA) is 82.5 Å². The van der Waals surface area contributed by atoms with Gasteiger partial charge in [-0.05, 0) is 66.4 Å². The number of aromatic nitrogens is 1. The summed E-state index contributed by atoms with van der Waals surface area (Å²) in [5, 5.41) is 12.2. The maximum Gasteiger partial charge on any atom is 0.336 e. The quantitative estimate of drug-likeness (QED) is 0.268. The third-order valence-electron chi connectivity index (χ3n) is 4.61. The molecule has 0 unspecified atom stereocenters. The zero-order valence-electron chi connectivity index (χ0n) is 17.1. The summed E-state index contributed by atoms with van der Waals surface area (Å²) in [6.45, 7) is 0. The Balaban J connectivity index is 1.83. The van der Waals surface area contributed by atoms with Crippen LogP contribution in [0.1, 0.15) is 30.4 Å². The van der Waals surface area contributed by atoms with Gasteiger partial charge < -0.3 is 10.4 Å². The lowest BCUT2D eigenvalue weighted by molar-refractivity contribution is -0.137. The van der Waals surface area contributed by atoms with Crippen LogP contribution in [0, 0.1) is 0 Å². The van der Waals surface area contributed by atoms with Crippen LogP contribution in [-0.2, 0) is 4.79 Å². The van der Waals surface area contributed by atoms with Gasteiger partial charge in [-0.15, -0.1) is 0 Å². The van der Waals surface area contributed by atoms with Gasteiger partial charge in [-0.3, -0.25) is 9.78 Å². The first kappa shape index (κ1) is 23.4. The minimum atomic E-state index is -0.819. The molecule has 0 saturated heterocycles. The minimum Gasteiger partial charge on any atom is -0.481 e. The Hall–Kier alpha value is -3.29. The first-order chi connectivity index (χ1) is 15.4. The lowest BCUT2D eigenvalue weighted by Crippen LogP contribution is -2.26. The van der Waals surface area contributed by atoms with Gasteiger partial charge in [-0.25, -0.2) is 9.10 Å². The van der Waals surface area contributed by atoms with E-state index in [0.717, 1.165) is 16.7 Å². The van der Waals surface area contributed by atoms with E-state index in [1.54, 1.807) is 42.7 Å². The van der Waals surface area contributed by atoms with E-state index in [0.29, 0.717) is 29.2 Å². The van der Waals surface area contributed by atoms with Crippen LogP contribution in [0.25, 0.3) is 5.57 Å². The molecule has 3 aromatic rings. The number of allylic oxidation sites excluding steroid dienone is 1. The molecule has 6 nitrogen and oxygen atoms in total. The van der Waals surface area contributed by atoms with E-state index in [9.17, 15) is 9.59 Å². The summed E-state index contributed by atoms with van der Waals surface area (Å²) < 4.78 is 1.23. The van der Waals surface area contributed by atoms with Crippen molar-refractivity contribution in [2.24, 2.45) is 0 Å². The molecule has 2 aromatic carbocycles. The standard InChI is InChI=1S/C24H22ClN3O3S/c25-19-10-12-20(13-11-19)27-24(31)28(32)21-7-3-5-17(15-21)22(8-1-2-9-23(29)30)18-6-4-14-26-16-18/h3-8,10-16,32H,1-2,9H2,(H,27,31)(H,29,30)/b22-8+. The lowest BCUT2D eigenvalue weighted by Gasteiger charge is -2.18. The molecule has 32 heavy (non-hydrogen) atoms. The van der Waals surface area contributed by atoms with E-state index < -0.39 is 12.0 Å². The number of pyridine rings is 1. The molecule has 0 bridgehead atoms.